The van der Waals surface area contributed by atoms with E-state index in [1.807, 2.05) is 0 Å². The Morgan fingerprint density at radius 2 is 2.14 bits per heavy atom. The first-order chi connectivity index (χ1) is 10.2. The van der Waals surface area contributed by atoms with Gasteiger partial charge in [0.05, 0.1) is 11.3 Å². The summed E-state index contributed by atoms with van der Waals surface area (Å²) in [5.74, 6) is 5.28. The number of aromatic amines is 1. The van der Waals surface area contributed by atoms with E-state index in [0.29, 0.717) is 16.2 Å². The van der Waals surface area contributed by atoms with Gasteiger partial charge in [0.2, 0.25) is 5.95 Å². The molecule has 0 unspecified atom stereocenters. The van der Waals surface area contributed by atoms with Gasteiger partial charge in [-0.25, -0.2) is 25.8 Å². The van der Waals surface area contributed by atoms with Crippen molar-refractivity contribution in [1.82, 2.24) is 29.9 Å². The van der Waals surface area contributed by atoms with Crippen LogP contribution < -0.4 is 11.3 Å². The molecule has 0 atom stereocenters. The van der Waals surface area contributed by atoms with Gasteiger partial charge in [-0.2, -0.15) is 4.98 Å². The van der Waals surface area contributed by atoms with Gasteiger partial charge in [0.25, 0.3) is 0 Å². The number of H-pyrrole nitrogens is 1. The molecule has 4 N–H and O–H groups in total. The number of nitrogens with two attached hydrogens (primary N) is 1. The number of aromatic nitrogens is 6. The minimum atomic E-state index is -0.575. The van der Waals surface area contributed by atoms with E-state index in [1.165, 1.54) is 12.7 Å². The topological polar surface area (TPSA) is 161 Å². The standard InChI is InChI=1S/C9H7N9O2S/c10-17-9-11-1-4(18(19)20)7(16-9)21-8-5-6(13-2-12-5)14-3-15-8/h1-3H,10H2,(H,11,16,17)(H,12,13,14,15). The Morgan fingerprint density at radius 1 is 1.29 bits per heavy atom. The maximum Gasteiger partial charge on any atom is 0.320 e. The quantitative estimate of drug-likeness (QED) is 0.267. The van der Waals surface area contributed by atoms with Crippen molar-refractivity contribution in [3.8, 4) is 0 Å². The molecule has 0 fully saturated rings. The number of nitrogens with one attached hydrogen (secondary N) is 2. The van der Waals surface area contributed by atoms with Crippen LogP contribution in [0.1, 0.15) is 0 Å². The van der Waals surface area contributed by atoms with Crippen molar-refractivity contribution in [2.45, 2.75) is 10.1 Å². The van der Waals surface area contributed by atoms with Crippen LogP contribution in [0, 0.1) is 10.1 Å². The maximum atomic E-state index is 11.0. The Bertz CT molecular complexity index is 820. The van der Waals surface area contributed by atoms with Crippen LogP contribution in [0.2, 0.25) is 0 Å². The Labute approximate surface area is 120 Å². The van der Waals surface area contributed by atoms with Crippen LogP contribution in [0.25, 0.3) is 11.2 Å². The molecular formula is C9H7N9O2S. The molecule has 0 amide bonds. The summed E-state index contributed by atoms with van der Waals surface area (Å²) in [6.45, 7) is 0. The number of hydrogen-bond acceptors (Lipinski definition) is 10. The fourth-order valence-electron chi connectivity index (χ4n) is 1.54. The predicted octanol–water partition coefficient (Wildman–Crippen LogP) is 0.488. The van der Waals surface area contributed by atoms with E-state index in [2.05, 4.69) is 35.3 Å². The average molecular weight is 305 g/mol. The summed E-state index contributed by atoms with van der Waals surface area (Å²) in [7, 11) is 0. The third-order valence-electron chi connectivity index (χ3n) is 2.44. The normalized spacial score (nSPS) is 10.7. The van der Waals surface area contributed by atoms with E-state index >= 15 is 0 Å². The fourth-order valence-corrected chi connectivity index (χ4v) is 2.44. The molecule has 0 bridgehead atoms. The third kappa shape index (κ3) is 2.44. The second-order valence-electron chi connectivity index (χ2n) is 3.67. The highest BCUT2D eigenvalue weighted by molar-refractivity contribution is 7.99. The van der Waals surface area contributed by atoms with Crippen molar-refractivity contribution in [3.05, 3.63) is 29.0 Å². The van der Waals surface area contributed by atoms with Crippen molar-refractivity contribution >= 4 is 34.6 Å². The van der Waals surface area contributed by atoms with Gasteiger partial charge in [0, 0.05) is 0 Å². The summed E-state index contributed by atoms with van der Waals surface area (Å²) >= 11 is 0.996. The second-order valence-corrected chi connectivity index (χ2v) is 4.64. The average Bonchev–Trinajstić information content (AvgIpc) is 2.96. The van der Waals surface area contributed by atoms with Crippen molar-refractivity contribution in [2.24, 2.45) is 5.84 Å². The largest absolute Gasteiger partial charge is 0.341 e. The third-order valence-corrected chi connectivity index (χ3v) is 3.44. The number of nitro groups is 1. The lowest BCUT2D eigenvalue weighted by Gasteiger charge is -2.04. The zero-order chi connectivity index (χ0) is 14.8. The number of rotatable bonds is 4. The summed E-state index contributed by atoms with van der Waals surface area (Å²) < 4.78 is 0. The van der Waals surface area contributed by atoms with Crippen LogP contribution in [0.3, 0.4) is 0 Å². The highest BCUT2D eigenvalue weighted by Crippen LogP contribution is 2.34. The zero-order valence-corrected chi connectivity index (χ0v) is 11.0. The van der Waals surface area contributed by atoms with E-state index in [9.17, 15) is 10.1 Å². The van der Waals surface area contributed by atoms with Gasteiger partial charge in [0.15, 0.2) is 10.7 Å². The molecule has 0 saturated heterocycles. The van der Waals surface area contributed by atoms with Crippen LogP contribution in [-0.4, -0.2) is 34.8 Å². The lowest BCUT2D eigenvalue weighted by atomic mass is 10.5. The molecule has 0 radical (unpaired) electrons. The smallest absolute Gasteiger partial charge is 0.320 e. The van der Waals surface area contributed by atoms with Gasteiger partial charge in [-0.3, -0.25) is 15.5 Å². The van der Waals surface area contributed by atoms with Gasteiger partial charge in [-0.05, 0) is 11.8 Å². The zero-order valence-electron chi connectivity index (χ0n) is 10.2. The molecule has 3 aromatic heterocycles. The van der Waals surface area contributed by atoms with Gasteiger partial charge in [-0.1, -0.05) is 0 Å². The first kappa shape index (κ1) is 13.1. The molecule has 0 saturated carbocycles. The molecule has 3 rings (SSSR count). The molecule has 12 heteroatoms. The number of hydrogen-bond donors (Lipinski definition) is 3. The predicted molar refractivity (Wildman–Crippen MR) is 72.3 cm³/mol. The Kier molecular flexibility index (Phi) is 3.29. The van der Waals surface area contributed by atoms with Crippen molar-refractivity contribution < 1.29 is 4.92 Å². The molecular weight excluding hydrogens is 298 g/mol. The molecule has 3 heterocycles. The van der Waals surface area contributed by atoms with Crippen LogP contribution in [0.15, 0.2) is 28.9 Å². The summed E-state index contributed by atoms with van der Waals surface area (Å²) in [5, 5.41) is 11.6. The molecule has 21 heavy (non-hydrogen) atoms. The molecule has 3 aromatic rings. The lowest BCUT2D eigenvalue weighted by Crippen LogP contribution is -2.11. The molecule has 0 aromatic carbocycles. The Hall–Kier alpha value is -2.86. The van der Waals surface area contributed by atoms with Crippen molar-refractivity contribution in [1.29, 1.82) is 0 Å². The molecule has 0 aliphatic rings. The summed E-state index contributed by atoms with van der Waals surface area (Å²) in [6, 6.07) is 0. The number of fused-ring (bicyclic) bond motifs is 1. The van der Waals surface area contributed by atoms with Crippen LogP contribution >= 0.6 is 11.8 Å². The summed E-state index contributed by atoms with van der Waals surface area (Å²) in [5.41, 5.74) is 3.02. The highest BCUT2D eigenvalue weighted by Gasteiger charge is 2.20. The minimum absolute atomic E-state index is 0.0676. The first-order valence-electron chi connectivity index (χ1n) is 5.49. The van der Waals surface area contributed by atoms with E-state index in [4.69, 9.17) is 5.84 Å². The Balaban J connectivity index is 2.08. The summed E-state index contributed by atoms with van der Waals surface area (Å²) in [4.78, 5) is 33.1. The minimum Gasteiger partial charge on any atom is -0.341 e. The number of nitrogen functional groups attached to an aromatic ring is 1. The first-order valence-corrected chi connectivity index (χ1v) is 6.30. The van der Waals surface area contributed by atoms with Gasteiger partial charge < -0.3 is 4.98 Å². The van der Waals surface area contributed by atoms with Crippen LogP contribution in [0.4, 0.5) is 11.6 Å². The van der Waals surface area contributed by atoms with E-state index in [-0.39, 0.29) is 16.7 Å². The Morgan fingerprint density at radius 3 is 2.90 bits per heavy atom. The monoisotopic (exact) mass is 305 g/mol. The molecule has 0 spiro atoms. The van der Waals surface area contributed by atoms with E-state index in [0.717, 1.165) is 18.0 Å². The number of nitrogens with zero attached hydrogens (tertiary/aromatic N) is 6. The number of anilines is 1. The second kappa shape index (κ2) is 5.26. The molecule has 106 valence electrons. The fraction of sp³-hybridized carbons (Fsp3) is 0. The van der Waals surface area contributed by atoms with Crippen molar-refractivity contribution in [2.75, 3.05) is 5.43 Å². The van der Waals surface area contributed by atoms with Gasteiger partial charge >= 0.3 is 5.69 Å². The van der Waals surface area contributed by atoms with Gasteiger partial charge in [-0.15, -0.1) is 0 Å². The van der Waals surface area contributed by atoms with Crippen LogP contribution in [-0.2, 0) is 0 Å². The molecule has 0 aliphatic carbocycles. The van der Waals surface area contributed by atoms with E-state index in [1.54, 1.807) is 0 Å². The SMILES string of the molecule is NNc1ncc([N+](=O)[O-])c(Sc2ncnc3nc[nH]c23)n1. The summed E-state index contributed by atoms with van der Waals surface area (Å²) in [6.07, 6.45) is 3.86. The number of hydrazine groups is 1. The van der Waals surface area contributed by atoms with E-state index < -0.39 is 4.92 Å². The molecule has 0 aliphatic heterocycles. The highest BCUT2D eigenvalue weighted by atomic mass is 32.2. The maximum absolute atomic E-state index is 11.0. The molecule has 11 nitrogen and oxygen atoms in total. The lowest BCUT2D eigenvalue weighted by molar-refractivity contribution is -0.388. The van der Waals surface area contributed by atoms with Gasteiger partial charge in [0.1, 0.15) is 23.1 Å². The van der Waals surface area contributed by atoms with Crippen LogP contribution in [0.5, 0.6) is 0 Å². The van der Waals surface area contributed by atoms with Crippen molar-refractivity contribution in [3.63, 3.8) is 0 Å². The number of imidazole rings is 1.